The summed E-state index contributed by atoms with van der Waals surface area (Å²) in [7, 11) is 0. The maximum absolute atomic E-state index is 14.7. The molecule has 1 fully saturated rings. The van der Waals surface area contributed by atoms with Gasteiger partial charge in [0.1, 0.15) is 5.41 Å². The molecule has 5 heteroatoms. The van der Waals surface area contributed by atoms with Crippen LogP contribution in [-0.4, -0.2) is 17.3 Å². The molecule has 0 radical (unpaired) electrons. The van der Waals surface area contributed by atoms with Crippen LogP contribution in [0.5, 0.6) is 0 Å². The smallest absolute Gasteiger partial charge is 0.874 e. The second-order valence-corrected chi connectivity index (χ2v) is 12.2. The van der Waals surface area contributed by atoms with Crippen molar-refractivity contribution in [2.75, 3.05) is 0 Å². The Morgan fingerprint density at radius 2 is 1.42 bits per heavy atom. The number of Topliss-reactive ketones (excluding diaryl/α,β-unsaturated/α-hetero) is 3. The molecule has 1 aromatic carbocycles. The van der Waals surface area contributed by atoms with Gasteiger partial charge in [-0.1, -0.05) is 79.1 Å². The van der Waals surface area contributed by atoms with Crippen LogP contribution in [-0.2, 0) is 9.59 Å². The van der Waals surface area contributed by atoms with Gasteiger partial charge in [-0.3, -0.25) is 14.4 Å². The molecule has 198 valence electrons. The maximum atomic E-state index is 14.7. The average molecular weight is 541 g/mol. The number of rotatable bonds is 8. The van der Waals surface area contributed by atoms with Crippen molar-refractivity contribution in [3.63, 3.8) is 0 Å². The summed E-state index contributed by atoms with van der Waals surface area (Å²) in [5, 5.41) is 14.3. The van der Waals surface area contributed by atoms with Crippen LogP contribution in [0.2, 0.25) is 0 Å². The monoisotopic (exact) mass is 540 g/mol. The van der Waals surface area contributed by atoms with E-state index in [0.29, 0.717) is 18.4 Å². The van der Waals surface area contributed by atoms with E-state index < -0.39 is 33.6 Å². The normalized spacial score (nSPS) is 25.7. The molecule has 2 bridgehead atoms. The van der Waals surface area contributed by atoms with E-state index in [9.17, 15) is 19.5 Å². The van der Waals surface area contributed by atoms with Gasteiger partial charge >= 0.3 is 51.4 Å². The number of fused-ring (bicyclic) bond motifs is 2. The van der Waals surface area contributed by atoms with Crippen LogP contribution in [0, 0.1) is 22.2 Å². The van der Waals surface area contributed by atoms with Gasteiger partial charge in [0.15, 0.2) is 17.3 Å². The molecule has 2 aliphatic rings. The zero-order valence-electron chi connectivity index (χ0n) is 24.7. The Morgan fingerprint density at radius 1 is 0.895 bits per heavy atom. The summed E-state index contributed by atoms with van der Waals surface area (Å²) in [6.45, 7) is 15.8. The fourth-order valence-electron chi connectivity index (χ4n) is 6.11. The average Bonchev–Trinajstić information content (AvgIpc) is 2.82. The quantitative estimate of drug-likeness (QED) is 0.166. The first kappa shape index (κ1) is 32.8. The third-order valence-corrected chi connectivity index (χ3v) is 8.56. The summed E-state index contributed by atoms with van der Waals surface area (Å²) in [6.07, 6.45) is 7.34. The summed E-state index contributed by atoms with van der Waals surface area (Å²) in [6, 6.07) is 8.46. The van der Waals surface area contributed by atoms with E-state index in [1.54, 1.807) is 30.3 Å². The molecule has 0 heterocycles. The van der Waals surface area contributed by atoms with E-state index in [1.165, 1.54) is 0 Å². The number of hydrogen-bond donors (Lipinski definition) is 0. The maximum Gasteiger partial charge on any atom is 1.00 e. The van der Waals surface area contributed by atoms with Crippen LogP contribution in [0.3, 0.4) is 0 Å². The first-order chi connectivity index (χ1) is 17.2. The largest absolute Gasteiger partial charge is 1.00 e. The molecule has 1 aromatic rings. The van der Waals surface area contributed by atoms with E-state index in [0.717, 1.165) is 16.7 Å². The number of ketones is 3. The van der Waals surface area contributed by atoms with Gasteiger partial charge in [-0.2, -0.15) is 0 Å². The van der Waals surface area contributed by atoms with E-state index in [1.807, 2.05) is 67.5 Å². The summed E-state index contributed by atoms with van der Waals surface area (Å²) < 4.78 is 0. The summed E-state index contributed by atoms with van der Waals surface area (Å²) in [4.78, 5) is 43.0. The molecular formula is C33H41KO4. The minimum atomic E-state index is -1.49. The van der Waals surface area contributed by atoms with Gasteiger partial charge in [0.25, 0.3) is 0 Å². The molecule has 38 heavy (non-hydrogen) atoms. The molecule has 4 nitrogen and oxygen atoms in total. The molecule has 3 rings (SSSR count). The number of benzene rings is 1. The predicted molar refractivity (Wildman–Crippen MR) is 147 cm³/mol. The van der Waals surface area contributed by atoms with Crippen molar-refractivity contribution in [2.24, 2.45) is 22.2 Å². The van der Waals surface area contributed by atoms with Crippen LogP contribution in [0.25, 0.3) is 0 Å². The Hall–Kier alpha value is -1.37. The van der Waals surface area contributed by atoms with Crippen LogP contribution in [0.15, 0.2) is 76.6 Å². The van der Waals surface area contributed by atoms with Gasteiger partial charge in [-0.25, -0.2) is 0 Å². The molecule has 0 aromatic heterocycles. The Kier molecular flexibility index (Phi) is 10.7. The Morgan fingerprint density at radius 3 is 1.95 bits per heavy atom. The van der Waals surface area contributed by atoms with Gasteiger partial charge in [-0.15, -0.1) is 5.76 Å². The second kappa shape index (κ2) is 12.4. The molecule has 0 spiro atoms. The zero-order valence-corrected chi connectivity index (χ0v) is 27.8. The van der Waals surface area contributed by atoms with Gasteiger partial charge in [0.2, 0.25) is 0 Å². The van der Waals surface area contributed by atoms with Crippen molar-refractivity contribution in [3.05, 3.63) is 82.2 Å². The summed E-state index contributed by atoms with van der Waals surface area (Å²) in [5.74, 6) is -2.18. The Labute approximate surface area is 271 Å². The molecule has 1 saturated carbocycles. The Balaban J connectivity index is 0.00000507. The standard InChI is InChI=1S/C33H42O4.K/c1-21(2)14-15-25-20-32(18-16-22(3)4)28(35)26(27(34)24-12-10-9-11-13-24)29(36)33(30(32)37,31(25,7)8)19-17-23(5)6;/h9-14,16-17,25,35H,15,18-20H2,1-8H3;/q;+1/p-1/t25-,32+,33-;/m0./s1. The van der Waals surface area contributed by atoms with Crippen molar-refractivity contribution < 1.29 is 70.9 Å². The number of hydrogen-bond acceptors (Lipinski definition) is 4. The fourth-order valence-corrected chi connectivity index (χ4v) is 6.11. The van der Waals surface area contributed by atoms with Crippen molar-refractivity contribution >= 4 is 17.3 Å². The minimum absolute atomic E-state index is 0. The zero-order chi connectivity index (χ0) is 27.8. The van der Waals surface area contributed by atoms with Crippen LogP contribution < -0.4 is 56.5 Å². The first-order valence-corrected chi connectivity index (χ1v) is 13.2. The number of carbonyl (C=O) groups excluding carboxylic acids is 3. The molecule has 3 atom stereocenters. The van der Waals surface area contributed by atoms with E-state index >= 15 is 0 Å². The van der Waals surface area contributed by atoms with Gasteiger partial charge in [0.05, 0.1) is 5.57 Å². The van der Waals surface area contributed by atoms with E-state index in [4.69, 9.17) is 0 Å². The third kappa shape index (κ3) is 5.60. The fraction of sp³-hybridized carbons (Fsp3) is 0.485. The van der Waals surface area contributed by atoms with Crippen molar-refractivity contribution in [1.29, 1.82) is 0 Å². The van der Waals surface area contributed by atoms with E-state index in [-0.39, 0.29) is 81.5 Å². The third-order valence-electron chi connectivity index (χ3n) is 8.56. The summed E-state index contributed by atoms with van der Waals surface area (Å²) >= 11 is 0. The number of carbonyl (C=O) groups is 3. The summed E-state index contributed by atoms with van der Waals surface area (Å²) in [5.41, 5.74) is -0.607. The van der Waals surface area contributed by atoms with Crippen molar-refractivity contribution in [2.45, 2.75) is 81.1 Å². The van der Waals surface area contributed by atoms with Gasteiger partial charge in [0, 0.05) is 11.0 Å². The van der Waals surface area contributed by atoms with Crippen molar-refractivity contribution in [3.8, 4) is 0 Å². The minimum Gasteiger partial charge on any atom is -0.874 e. The molecule has 0 aliphatic heterocycles. The molecule has 0 unspecified atom stereocenters. The van der Waals surface area contributed by atoms with Gasteiger partial charge < -0.3 is 5.11 Å². The van der Waals surface area contributed by atoms with Crippen LogP contribution in [0.1, 0.15) is 91.4 Å². The van der Waals surface area contributed by atoms with Gasteiger partial charge in [-0.05, 0) is 78.6 Å². The Bertz CT molecular complexity index is 1220. The molecule has 2 aliphatic carbocycles. The molecular weight excluding hydrogens is 499 g/mol. The van der Waals surface area contributed by atoms with Crippen LogP contribution in [0.4, 0.5) is 0 Å². The SMILES string of the molecule is CC(C)=CC[C@H]1C[C@@]2(CC=C(C)C)C(=O)[C@](CC=C(C)C)(C(=O)C(C(=O)c3ccccc3)=C2[O-])C1(C)C.[K+]. The van der Waals surface area contributed by atoms with Crippen molar-refractivity contribution in [1.82, 2.24) is 0 Å². The molecule has 0 saturated heterocycles. The molecule has 0 N–H and O–H groups in total. The predicted octanol–water partition coefficient (Wildman–Crippen LogP) is 3.73. The van der Waals surface area contributed by atoms with E-state index in [2.05, 4.69) is 6.08 Å². The topological polar surface area (TPSA) is 74.3 Å². The second-order valence-electron chi connectivity index (χ2n) is 12.2. The molecule has 0 amide bonds. The number of allylic oxidation sites excluding steroid dienone is 8. The first-order valence-electron chi connectivity index (χ1n) is 13.2. The van der Waals surface area contributed by atoms with Crippen LogP contribution >= 0.6 is 0 Å².